The van der Waals surface area contributed by atoms with Crippen LogP contribution in [-0.2, 0) is 11.2 Å². The molecule has 11 heteroatoms. The summed E-state index contributed by atoms with van der Waals surface area (Å²) >= 11 is 20.1. The van der Waals surface area contributed by atoms with Crippen LogP contribution in [0.1, 0.15) is 35.0 Å². The van der Waals surface area contributed by atoms with Crippen molar-refractivity contribution in [2.45, 2.75) is 24.1 Å². The molecule has 1 aliphatic rings. The lowest BCUT2D eigenvalue weighted by Crippen LogP contribution is -2.28. The zero-order chi connectivity index (χ0) is 32.3. The van der Waals surface area contributed by atoms with Crippen LogP contribution in [0.4, 0.5) is 11.4 Å². The van der Waals surface area contributed by atoms with E-state index in [-0.39, 0.29) is 17.7 Å². The molecule has 0 bridgehead atoms. The molecule has 47 heavy (non-hydrogen) atoms. The highest BCUT2D eigenvalue weighted by atomic mass is 35.5. The first-order valence-electron chi connectivity index (χ1n) is 14.8. The van der Waals surface area contributed by atoms with E-state index in [2.05, 4.69) is 45.8 Å². The summed E-state index contributed by atoms with van der Waals surface area (Å²) in [4.78, 5) is 13.7. The first-order chi connectivity index (χ1) is 22.9. The lowest BCUT2D eigenvalue weighted by atomic mass is 9.97. The summed E-state index contributed by atoms with van der Waals surface area (Å²) < 4.78 is 5.95. The van der Waals surface area contributed by atoms with E-state index in [1.54, 1.807) is 23.2 Å². The van der Waals surface area contributed by atoms with Gasteiger partial charge in [-0.2, -0.15) is 5.10 Å². The minimum atomic E-state index is -0.268. The number of rotatable bonds is 9. The Labute approximate surface area is 290 Å². The first kappa shape index (κ1) is 31.3. The maximum absolute atomic E-state index is 13.7. The molecule has 0 radical (unpaired) electrons. The Morgan fingerprint density at radius 3 is 2.40 bits per heavy atom. The average Bonchev–Trinajstić information content (AvgIpc) is 3.74. The van der Waals surface area contributed by atoms with Crippen molar-refractivity contribution in [1.82, 2.24) is 15.2 Å². The number of benzene rings is 5. The number of halogens is 3. The fourth-order valence-electron chi connectivity index (χ4n) is 5.50. The molecule has 1 N–H and O–H groups in total. The number of thioether (sulfide) groups is 1. The van der Waals surface area contributed by atoms with Gasteiger partial charge in [0, 0.05) is 17.1 Å². The Morgan fingerprint density at radius 1 is 0.851 bits per heavy atom. The highest BCUT2D eigenvalue weighted by Gasteiger charge is 2.33. The number of fused-ring (bicyclic) bond motifs is 1. The third kappa shape index (κ3) is 7.01. The molecule has 1 atom stereocenters. The van der Waals surface area contributed by atoms with Crippen LogP contribution >= 0.6 is 46.6 Å². The van der Waals surface area contributed by atoms with Gasteiger partial charge in [0.25, 0.3) is 11.1 Å². The molecule has 6 aromatic rings. The molecule has 0 saturated heterocycles. The SMILES string of the molecule is O=C(CSc1nnc(Cc2ccccc2Nc2c(Cl)cccc2Cl)o1)N1N=C(c2ccc3ccccc3c2)CC1c1ccc(Cl)cc1. The molecule has 7 rings (SSSR count). The van der Waals surface area contributed by atoms with Crippen molar-refractivity contribution < 1.29 is 9.21 Å². The number of anilines is 2. The van der Waals surface area contributed by atoms with Gasteiger partial charge in [-0.3, -0.25) is 4.79 Å². The zero-order valence-corrected chi connectivity index (χ0v) is 27.8. The van der Waals surface area contributed by atoms with Crippen LogP contribution in [0.25, 0.3) is 10.8 Å². The number of aromatic nitrogens is 2. The van der Waals surface area contributed by atoms with Crippen LogP contribution in [0.15, 0.2) is 124 Å². The fourth-order valence-corrected chi connectivity index (χ4v) is 6.75. The summed E-state index contributed by atoms with van der Waals surface area (Å²) in [5.74, 6) is 0.316. The van der Waals surface area contributed by atoms with Crippen LogP contribution in [0.2, 0.25) is 15.1 Å². The van der Waals surface area contributed by atoms with Gasteiger partial charge in [-0.25, -0.2) is 5.01 Å². The predicted molar refractivity (Wildman–Crippen MR) is 190 cm³/mol. The standard InChI is InChI=1S/C36H26Cl3N5O2S/c37-27-16-14-23(15-17-27)32-20-31(26-13-12-22-6-1-2-7-24(22)18-26)43-44(32)34(45)21-47-36-42-41-33(46-36)19-25-8-3-4-11-30(25)40-35-28(38)9-5-10-29(35)39/h1-18,32,40H,19-21H2. The maximum atomic E-state index is 13.7. The second-order valence-corrected chi connectivity index (χ2v) is 13.1. The van der Waals surface area contributed by atoms with Crippen molar-refractivity contribution in [2.24, 2.45) is 5.10 Å². The summed E-state index contributed by atoms with van der Waals surface area (Å²) in [5.41, 5.74) is 5.13. The van der Waals surface area contributed by atoms with Gasteiger partial charge in [-0.15, -0.1) is 10.2 Å². The fraction of sp³-hybridized carbons (Fsp3) is 0.111. The smallest absolute Gasteiger partial charge is 0.277 e. The summed E-state index contributed by atoms with van der Waals surface area (Å²) in [6.45, 7) is 0. The third-order valence-corrected chi connectivity index (χ3v) is 9.54. The van der Waals surface area contributed by atoms with Crippen molar-refractivity contribution in [3.63, 3.8) is 0 Å². The topological polar surface area (TPSA) is 83.6 Å². The van der Waals surface area contributed by atoms with E-state index in [4.69, 9.17) is 44.3 Å². The Morgan fingerprint density at radius 2 is 1.60 bits per heavy atom. The van der Waals surface area contributed by atoms with E-state index in [0.29, 0.717) is 44.7 Å². The molecule has 1 unspecified atom stereocenters. The molecule has 5 aromatic carbocycles. The van der Waals surface area contributed by atoms with E-state index in [1.165, 1.54) is 11.8 Å². The number of hydrogen-bond donors (Lipinski definition) is 1. The quantitative estimate of drug-likeness (QED) is 0.151. The number of carbonyl (C=O) groups excluding carboxylic acids is 1. The lowest BCUT2D eigenvalue weighted by molar-refractivity contribution is -0.130. The molecule has 0 aliphatic carbocycles. The van der Waals surface area contributed by atoms with E-state index in [9.17, 15) is 4.79 Å². The molecule has 0 spiro atoms. The van der Waals surface area contributed by atoms with Crippen LogP contribution in [0.5, 0.6) is 0 Å². The molecular formula is C36H26Cl3N5O2S. The van der Waals surface area contributed by atoms with Crippen molar-refractivity contribution in [3.8, 4) is 0 Å². The van der Waals surface area contributed by atoms with Gasteiger partial charge in [-0.1, -0.05) is 119 Å². The minimum Gasteiger partial charge on any atom is -0.416 e. The Kier molecular flexibility index (Phi) is 9.18. The summed E-state index contributed by atoms with van der Waals surface area (Å²) in [6, 6.07) is 34.8. The number of hydrogen-bond acceptors (Lipinski definition) is 7. The highest BCUT2D eigenvalue weighted by molar-refractivity contribution is 7.99. The van der Waals surface area contributed by atoms with Gasteiger partial charge >= 0.3 is 0 Å². The third-order valence-electron chi connectivity index (χ3n) is 7.85. The minimum absolute atomic E-state index is 0.0728. The first-order valence-corrected chi connectivity index (χ1v) is 16.9. The van der Waals surface area contributed by atoms with Crippen LogP contribution in [0.3, 0.4) is 0 Å². The van der Waals surface area contributed by atoms with E-state index < -0.39 is 0 Å². The number of nitrogens with zero attached hydrogens (tertiary/aromatic N) is 4. The number of amides is 1. The monoisotopic (exact) mass is 697 g/mol. The molecule has 234 valence electrons. The van der Waals surface area contributed by atoms with Crippen molar-refractivity contribution in [3.05, 3.63) is 147 Å². The number of nitrogens with one attached hydrogen (secondary N) is 1. The van der Waals surface area contributed by atoms with Gasteiger partial charge in [0.15, 0.2) is 0 Å². The van der Waals surface area contributed by atoms with Crippen LogP contribution in [0, 0.1) is 0 Å². The number of carbonyl (C=O) groups is 1. The summed E-state index contributed by atoms with van der Waals surface area (Å²) in [5, 5.41) is 22.4. The molecule has 1 aliphatic heterocycles. The normalized spacial score (nSPS) is 14.4. The van der Waals surface area contributed by atoms with Gasteiger partial charge in [0.2, 0.25) is 5.89 Å². The van der Waals surface area contributed by atoms with E-state index >= 15 is 0 Å². The molecule has 0 saturated carbocycles. The van der Waals surface area contributed by atoms with Gasteiger partial charge in [-0.05, 0) is 63.9 Å². The number of hydrazone groups is 1. The van der Waals surface area contributed by atoms with Gasteiger partial charge < -0.3 is 9.73 Å². The molecular weight excluding hydrogens is 673 g/mol. The molecule has 7 nitrogen and oxygen atoms in total. The maximum Gasteiger partial charge on any atom is 0.277 e. The molecule has 2 heterocycles. The Bertz CT molecular complexity index is 2100. The van der Waals surface area contributed by atoms with E-state index in [1.807, 2.05) is 60.7 Å². The van der Waals surface area contributed by atoms with Crippen molar-refractivity contribution in [2.75, 3.05) is 11.1 Å². The second kappa shape index (κ2) is 13.8. The van der Waals surface area contributed by atoms with Gasteiger partial charge in [0.1, 0.15) is 0 Å². The average molecular weight is 699 g/mol. The summed E-state index contributed by atoms with van der Waals surface area (Å²) in [7, 11) is 0. The van der Waals surface area contributed by atoms with Gasteiger partial charge in [0.05, 0.1) is 39.7 Å². The number of para-hydroxylation sites is 2. The largest absolute Gasteiger partial charge is 0.416 e. The van der Waals surface area contributed by atoms with Crippen LogP contribution in [-0.4, -0.2) is 32.6 Å². The predicted octanol–water partition coefficient (Wildman–Crippen LogP) is 9.99. The molecule has 0 fully saturated rings. The zero-order valence-electron chi connectivity index (χ0n) is 24.7. The Balaban J connectivity index is 1.06. The Hall–Kier alpha value is -4.34. The summed E-state index contributed by atoms with van der Waals surface area (Å²) in [6.07, 6.45) is 0.949. The van der Waals surface area contributed by atoms with Crippen LogP contribution < -0.4 is 5.32 Å². The lowest BCUT2D eigenvalue weighted by Gasteiger charge is -2.21. The van der Waals surface area contributed by atoms with Crippen molar-refractivity contribution in [1.29, 1.82) is 0 Å². The van der Waals surface area contributed by atoms with Crippen molar-refractivity contribution >= 4 is 80.3 Å². The molecule has 1 aromatic heterocycles. The highest BCUT2D eigenvalue weighted by Crippen LogP contribution is 2.36. The van der Waals surface area contributed by atoms with E-state index in [0.717, 1.165) is 38.9 Å². The second-order valence-electron chi connectivity index (χ2n) is 10.9. The molecule has 1 amide bonds.